The van der Waals surface area contributed by atoms with Gasteiger partial charge < -0.3 is 14.4 Å². The summed E-state index contributed by atoms with van der Waals surface area (Å²) in [5.74, 6) is 6.05. The Hall–Kier alpha value is -2.03. The summed E-state index contributed by atoms with van der Waals surface area (Å²) in [6, 6.07) is 5.44. The van der Waals surface area contributed by atoms with Crippen LogP contribution < -0.4 is 0 Å². The van der Waals surface area contributed by atoms with Gasteiger partial charge in [-0.25, -0.2) is 0 Å². The van der Waals surface area contributed by atoms with Gasteiger partial charge in [-0.1, -0.05) is 11.8 Å². The Balaban J connectivity index is 2.18. The lowest BCUT2D eigenvalue weighted by Gasteiger charge is -2.19. The molecular weight excluding hydrogens is 274 g/mol. The van der Waals surface area contributed by atoms with E-state index in [2.05, 4.69) is 11.8 Å². The highest BCUT2D eigenvalue weighted by atomic mass is 32.1. The van der Waals surface area contributed by atoms with Gasteiger partial charge in [-0.05, 0) is 30.5 Å². The second-order valence-corrected chi connectivity index (χ2v) is 4.94. The lowest BCUT2D eigenvalue weighted by molar-refractivity contribution is 0.0746. The SMILES string of the molecule is CCN(Cc1ccco1)C(=O)c1sccc1C#CCO. The highest BCUT2D eigenvalue weighted by Gasteiger charge is 2.19. The number of furan rings is 1. The molecule has 104 valence electrons. The molecule has 2 heterocycles. The standard InChI is InChI=1S/C15H15NO3S/c1-2-16(11-13-6-4-9-19-13)15(18)14-12(5-3-8-17)7-10-20-14/h4,6-7,9-10,17H,2,8,11H2,1H3. The fourth-order valence-electron chi connectivity index (χ4n) is 1.77. The monoisotopic (exact) mass is 289 g/mol. The molecule has 0 aromatic carbocycles. The number of hydrogen-bond donors (Lipinski definition) is 1. The van der Waals surface area contributed by atoms with Crippen molar-refractivity contribution in [2.24, 2.45) is 0 Å². The van der Waals surface area contributed by atoms with Crippen LogP contribution in [0.4, 0.5) is 0 Å². The molecule has 20 heavy (non-hydrogen) atoms. The summed E-state index contributed by atoms with van der Waals surface area (Å²) in [6.45, 7) is 2.73. The van der Waals surface area contributed by atoms with Crippen LogP contribution in [0.15, 0.2) is 34.3 Å². The quantitative estimate of drug-likeness (QED) is 0.879. The van der Waals surface area contributed by atoms with Crippen molar-refractivity contribution in [3.8, 4) is 11.8 Å². The molecule has 4 nitrogen and oxygen atoms in total. The van der Waals surface area contributed by atoms with Gasteiger partial charge in [0.1, 0.15) is 17.2 Å². The fraction of sp³-hybridized carbons (Fsp3) is 0.267. The minimum Gasteiger partial charge on any atom is -0.467 e. The summed E-state index contributed by atoms with van der Waals surface area (Å²) in [5.41, 5.74) is 0.659. The van der Waals surface area contributed by atoms with Crippen molar-refractivity contribution in [1.29, 1.82) is 0 Å². The Kier molecular flexibility index (Phi) is 4.99. The Bertz CT molecular complexity index is 619. The van der Waals surface area contributed by atoms with E-state index in [1.807, 2.05) is 18.4 Å². The minimum atomic E-state index is -0.215. The first-order chi connectivity index (χ1) is 9.76. The molecule has 0 spiro atoms. The Labute approximate surface area is 121 Å². The molecule has 0 atom stereocenters. The number of nitrogens with zero attached hydrogens (tertiary/aromatic N) is 1. The Morgan fingerprint density at radius 2 is 2.35 bits per heavy atom. The van der Waals surface area contributed by atoms with Crippen molar-refractivity contribution in [1.82, 2.24) is 4.90 Å². The Morgan fingerprint density at radius 3 is 3.00 bits per heavy atom. The zero-order valence-corrected chi connectivity index (χ0v) is 11.9. The van der Waals surface area contributed by atoms with Gasteiger partial charge in [-0.3, -0.25) is 4.79 Å². The highest BCUT2D eigenvalue weighted by Crippen LogP contribution is 2.19. The van der Waals surface area contributed by atoms with Crippen LogP contribution in [0.3, 0.4) is 0 Å². The predicted octanol–water partition coefficient (Wildman–Crippen LogP) is 2.35. The number of aliphatic hydroxyl groups excluding tert-OH is 1. The van der Waals surface area contributed by atoms with Crippen LogP contribution >= 0.6 is 11.3 Å². The normalized spacial score (nSPS) is 9.90. The molecule has 0 aliphatic heterocycles. The van der Waals surface area contributed by atoms with Crippen molar-refractivity contribution >= 4 is 17.2 Å². The van der Waals surface area contributed by atoms with Gasteiger partial charge in [0.05, 0.1) is 12.8 Å². The van der Waals surface area contributed by atoms with Gasteiger partial charge in [0.2, 0.25) is 0 Å². The summed E-state index contributed by atoms with van der Waals surface area (Å²) >= 11 is 1.36. The number of aliphatic hydroxyl groups is 1. The molecule has 0 unspecified atom stereocenters. The summed E-state index contributed by atoms with van der Waals surface area (Å²) in [7, 11) is 0. The average molecular weight is 289 g/mol. The molecule has 0 bridgehead atoms. The molecule has 0 aliphatic carbocycles. The zero-order chi connectivity index (χ0) is 14.4. The van der Waals surface area contributed by atoms with Crippen molar-refractivity contribution in [2.45, 2.75) is 13.5 Å². The summed E-state index contributed by atoms with van der Waals surface area (Å²) in [4.78, 5) is 14.8. The van der Waals surface area contributed by atoms with Crippen LogP contribution in [0, 0.1) is 11.8 Å². The molecular formula is C15H15NO3S. The van der Waals surface area contributed by atoms with E-state index in [0.29, 0.717) is 23.5 Å². The molecule has 0 aliphatic rings. The molecule has 1 N–H and O–H groups in total. The van der Waals surface area contributed by atoms with Gasteiger partial charge in [0, 0.05) is 12.1 Å². The molecule has 0 radical (unpaired) electrons. The van der Waals surface area contributed by atoms with Gasteiger partial charge in [0.15, 0.2) is 0 Å². The first-order valence-corrected chi connectivity index (χ1v) is 7.13. The van der Waals surface area contributed by atoms with E-state index >= 15 is 0 Å². The van der Waals surface area contributed by atoms with E-state index in [1.54, 1.807) is 23.3 Å². The molecule has 0 fully saturated rings. The maximum absolute atomic E-state index is 12.5. The first kappa shape index (κ1) is 14.4. The topological polar surface area (TPSA) is 53.7 Å². The lowest BCUT2D eigenvalue weighted by Crippen LogP contribution is -2.30. The molecule has 2 rings (SSSR count). The molecule has 1 amide bonds. The van der Waals surface area contributed by atoms with Crippen molar-refractivity contribution in [2.75, 3.05) is 13.2 Å². The maximum atomic E-state index is 12.5. The molecule has 2 aromatic rings. The number of hydrogen-bond acceptors (Lipinski definition) is 4. The minimum absolute atomic E-state index is 0.0684. The molecule has 2 aromatic heterocycles. The fourth-order valence-corrected chi connectivity index (χ4v) is 2.59. The van der Waals surface area contributed by atoms with Gasteiger partial charge in [0.25, 0.3) is 5.91 Å². The largest absolute Gasteiger partial charge is 0.467 e. The van der Waals surface area contributed by atoms with Crippen LogP contribution in [0.25, 0.3) is 0 Å². The van der Waals surface area contributed by atoms with Crippen LogP contribution in [-0.4, -0.2) is 29.1 Å². The number of rotatable bonds is 4. The van der Waals surface area contributed by atoms with E-state index in [9.17, 15) is 4.79 Å². The molecule has 5 heteroatoms. The van der Waals surface area contributed by atoms with Crippen molar-refractivity contribution < 1.29 is 14.3 Å². The van der Waals surface area contributed by atoms with E-state index < -0.39 is 0 Å². The van der Waals surface area contributed by atoms with Gasteiger partial charge in [-0.15, -0.1) is 11.3 Å². The van der Waals surface area contributed by atoms with Gasteiger partial charge in [-0.2, -0.15) is 0 Å². The lowest BCUT2D eigenvalue weighted by atomic mass is 10.2. The van der Waals surface area contributed by atoms with Crippen molar-refractivity contribution in [3.63, 3.8) is 0 Å². The number of carbonyl (C=O) groups is 1. The van der Waals surface area contributed by atoms with Gasteiger partial charge >= 0.3 is 0 Å². The maximum Gasteiger partial charge on any atom is 0.265 e. The highest BCUT2D eigenvalue weighted by molar-refractivity contribution is 7.12. The van der Waals surface area contributed by atoms with E-state index in [-0.39, 0.29) is 12.5 Å². The second-order valence-electron chi connectivity index (χ2n) is 4.02. The van der Waals surface area contributed by atoms with Crippen LogP contribution in [0.5, 0.6) is 0 Å². The third-order valence-electron chi connectivity index (χ3n) is 2.76. The third-order valence-corrected chi connectivity index (χ3v) is 3.66. The van der Waals surface area contributed by atoms with E-state index in [0.717, 1.165) is 5.76 Å². The third kappa shape index (κ3) is 3.29. The molecule has 0 saturated carbocycles. The van der Waals surface area contributed by atoms with Crippen LogP contribution in [0.1, 0.15) is 27.9 Å². The number of thiophene rings is 1. The summed E-state index contributed by atoms with van der Waals surface area (Å²) in [5, 5.41) is 10.6. The first-order valence-electron chi connectivity index (χ1n) is 6.25. The zero-order valence-electron chi connectivity index (χ0n) is 11.1. The summed E-state index contributed by atoms with van der Waals surface area (Å²) < 4.78 is 5.28. The van der Waals surface area contributed by atoms with Crippen LogP contribution in [0.2, 0.25) is 0 Å². The number of amides is 1. The van der Waals surface area contributed by atoms with E-state index in [1.165, 1.54) is 11.3 Å². The van der Waals surface area contributed by atoms with Crippen molar-refractivity contribution in [3.05, 3.63) is 46.0 Å². The molecule has 0 saturated heterocycles. The second kappa shape index (κ2) is 6.94. The van der Waals surface area contributed by atoms with Crippen LogP contribution in [-0.2, 0) is 6.54 Å². The van der Waals surface area contributed by atoms with E-state index in [4.69, 9.17) is 9.52 Å². The summed E-state index contributed by atoms with van der Waals surface area (Å²) in [6.07, 6.45) is 1.59. The average Bonchev–Trinajstić information content (AvgIpc) is 3.12. The Morgan fingerprint density at radius 1 is 1.50 bits per heavy atom. The number of carbonyl (C=O) groups excluding carboxylic acids is 1. The smallest absolute Gasteiger partial charge is 0.265 e. The predicted molar refractivity (Wildman–Crippen MR) is 77.4 cm³/mol.